The van der Waals surface area contributed by atoms with Crippen LogP contribution in [0.1, 0.15) is 38.3 Å². The molecule has 1 amide bonds. The van der Waals surface area contributed by atoms with E-state index in [1.54, 1.807) is 19.1 Å². The minimum atomic E-state index is -3.17. The van der Waals surface area contributed by atoms with Crippen LogP contribution in [0.2, 0.25) is 10.0 Å². The highest BCUT2D eigenvalue weighted by Gasteiger charge is 2.30. The molecule has 0 spiro atoms. The van der Waals surface area contributed by atoms with E-state index in [0.717, 1.165) is 5.56 Å². The van der Waals surface area contributed by atoms with Crippen molar-refractivity contribution in [3.05, 3.63) is 33.8 Å². The zero-order valence-electron chi connectivity index (χ0n) is 13.8. The summed E-state index contributed by atoms with van der Waals surface area (Å²) in [7, 11) is -3.17. The highest BCUT2D eigenvalue weighted by molar-refractivity contribution is 7.89. The molecule has 1 aromatic rings. The Morgan fingerprint density at radius 3 is 2.46 bits per heavy atom. The fourth-order valence-corrected chi connectivity index (χ4v) is 4.21. The smallest absolute Gasteiger partial charge is 0.223 e. The molecule has 1 heterocycles. The van der Waals surface area contributed by atoms with Crippen molar-refractivity contribution < 1.29 is 13.2 Å². The van der Waals surface area contributed by atoms with Crippen molar-refractivity contribution in [3.63, 3.8) is 0 Å². The average molecular weight is 393 g/mol. The van der Waals surface area contributed by atoms with Crippen molar-refractivity contribution in [2.75, 3.05) is 18.8 Å². The Balaban J connectivity index is 1.92. The maximum atomic E-state index is 12.4. The molecule has 24 heavy (non-hydrogen) atoms. The van der Waals surface area contributed by atoms with Gasteiger partial charge in [-0.2, -0.15) is 0 Å². The molecule has 1 N–H and O–H groups in total. The zero-order valence-corrected chi connectivity index (χ0v) is 16.1. The molecule has 0 radical (unpaired) electrons. The predicted octanol–water partition coefficient (Wildman–Crippen LogP) is 3.23. The number of hydrogen-bond acceptors (Lipinski definition) is 3. The van der Waals surface area contributed by atoms with Crippen molar-refractivity contribution >= 4 is 39.1 Å². The van der Waals surface area contributed by atoms with E-state index in [1.807, 2.05) is 13.0 Å². The largest absolute Gasteiger partial charge is 0.349 e. The minimum absolute atomic E-state index is 0.0536. The lowest BCUT2D eigenvalue weighted by Gasteiger charge is -2.31. The number of carbonyl (C=O) groups excluding carboxylic acids is 1. The molecule has 0 aromatic heterocycles. The van der Waals surface area contributed by atoms with Gasteiger partial charge in [-0.25, -0.2) is 12.7 Å². The molecule has 1 aromatic carbocycles. The van der Waals surface area contributed by atoms with Crippen LogP contribution in [0.4, 0.5) is 0 Å². The molecule has 1 fully saturated rings. The van der Waals surface area contributed by atoms with E-state index in [4.69, 9.17) is 23.2 Å². The Labute approximate surface area is 153 Å². The third-order valence-corrected chi connectivity index (χ3v) is 7.01. The highest BCUT2D eigenvalue weighted by atomic mass is 35.5. The molecule has 1 unspecified atom stereocenters. The van der Waals surface area contributed by atoms with E-state index in [0.29, 0.717) is 36.0 Å². The van der Waals surface area contributed by atoms with Crippen molar-refractivity contribution in [2.24, 2.45) is 5.92 Å². The number of rotatable bonds is 5. The topological polar surface area (TPSA) is 66.5 Å². The van der Waals surface area contributed by atoms with Crippen LogP contribution in [-0.2, 0) is 14.8 Å². The number of amides is 1. The standard InChI is InChI=1S/C16H22Cl2N2O3S/c1-3-24(22,23)20-8-6-12(7-9-20)16(21)19-11(2)13-4-5-14(17)15(18)10-13/h4-5,10-12H,3,6-9H2,1-2H3,(H,19,21). The van der Waals surface area contributed by atoms with E-state index < -0.39 is 10.0 Å². The van der Waals surface area contributed by atoms with Crippen LogP contribution in [0.25, 0.3) is 0 Å². The summed E-state index contributed by atoms with van der Waals surface area (Å²) in [5.41, 5.74) is 0.878. The Hall–Kier alpha value is -0.820. The molecular formula is C16H22Cl2N2O3S. The van der Waals surface area contributed by atoms with Crippen LogP contribution in [-0.4, -0.2) is 37.5 Å². The zero-order chi connectivity index (χ0) is 17.9. The monoisotopic (exact) mass is 392 g/mol. The van der Waals surface area contributed by atoms with E-state index in [-0.39, 0.29) is 23.6 Å². The van der Waals surface area contributed by atoms with Gasteiger partial charge in [-0.05, 0) is 44.4 Å². The SMILES string of the molecule is CCS(=O)(=O)N1CCC(C(=O)NC(C)c2ccc(Cl)c(Cl)c2)CC1. The summed E-state index contributed by atoms with van der Waals surface area (Å²) in [4.78, 5) is 12.4. The lowest BCUT2D eigenvalue weighted by Crippen LogP contribution is -2.43. The highest BCUT2D eigenvalue weighted by Crippen LogP contribution is 2.26. The summed E-state index contributed by atoms with van der Waals surface area (Å²) in [6.07, 6.45) is 1.08. The first-order valence-electron chi connectivity index (χ1n) is 7.97. The summed E-state index contributed by atoms with van der Waals surface area (Å²) in [5.74, 6) is -0.126. The quantitative estimate of drug-likeness (QED) is 0.835. The second kappa shape index (κ2) is 8.04. The van der Waals surface area contributed by atoms with Gasteiger partial charge >= 0.3 is 0 Å². The molecule has 0 bridgehead atoms. The van der Waals surface area contributed by atoms with Gasteiger partial charge < -0.3 is 5.32 Å². The Morgan fingerprint density at radius 2 is 1.92 bits per heavy atom. The molecule has 0 aliphatic carbocycles. The van der Waals surface area contributed by atoms with Gasteiger partial charge in [0.2, 0.25) is 15.9 Å². The number of hydrogen-bond donors (Lipinski definition) is 1. The summed E-state index contributed by atoms with van der Waals surface area (Å²) < 4.78 is 25.2. The third kappa shape index (κ3) is 4.63. The Kier molecular flexibility index (Phi) is 6.53. The van der Waals surface area contributed by atoms with Gasteiger partial charge in [0.25, 0.3) is 0 Å². The first-order valence-corrected chi connectivity index (χ1v) is 10.3. The summed E-state index contributed by atoms with van der Waals surface area (Å²) in [6.45, 7) is 4.31. The summed E-state index contributed by atoms with van der Waals surface area (Å²) in [5, 5.41) is 3.90. The van der Waals surface area contributed by atoms with Gasteiger partial charge in [-0.1, -0.05) is 29.3 Å². The van der Waals surface area contributed by atoms with E-state index in [2.05, 4.69) is 5.32 Å². The number of nitrogens with one attached hydrogen (secondary N) is 1. The first kappa shape index (κ1) is 19.5. The molecule has 1 aliphatic rings. The van der Waals surface area contributed by atoms with Crippen molar-refractivity contribution in [3.8, 4) is 0 Å². The maximum absolute atomic E-state index is 12.4. The number of sulfonamides is 1. The second-order valence-corrected chi connectivity index (χ2v) is 9.05. The summed E-state index contributed by atoms with van der Waals surface area (Å²) >= 11 is 11.9. The van der Waals surface area contributed by atoms with Crippen LogP contribution in [0, 0.1) is 5.92 Å². The van der Waals surface area contributed by atoms with Crippen molar-refractivity contribution in [1.29, 1.82) is 0 Å². The molecule has 1 atom stereocenters. The van der Waals surface area contributed by atoms with Crippen molar-refractivity contribution in [2.45, 2.75) is 32.7 Å². The summed E-state index contributed by atoms with van der Waals surface area (Å²) in [6, 6.07) is 5.08. The fraction of sp³-hybridized carbons (Fsp3) is 0.562. The van der Waals surface area contributed by atoms with E-state index in [1.165, 1.54) is 4.31 Å². The van der Waals surface area contributed by atoms with Crippen LogP contribution >= 0.6 is 23.2 Å². The second-order valence-electron chi connectivity index (χ2n) is 5.98. The van der Waals surface area contributed by atoms with Gasteiger partial charge in [0.15, 0.2) is 0 Å². The number of nitrogens with zero attached hydrogens (tertiary/aromatic N) is 1. The first-order chi connectivity index (χ1) is 11.2. The fourth-order valence-electron chi connectivity index (χ4n) is 2.78. The number of carbonyl (C=O) groups is 1. The van der Waals surface area contributed by atoms with E-state index in [9.17, 15) is 13.2 Å². The van der Waals surface area contributed by atoms with E-state index >= 15 is 0 Å². The van der Waals surface area contributed by atoms with Gasteiger partial charge in [0, 0.05) is 19.0 Å². The lowest BCUT2D eigenvalue weighted by molar-refractivity contribution is -0.126. The number of benzene rings is 1. The molecular weight excluding hydrogens is 371 g/mol. The Bertz CT molecular complexity index is 701. The number of piperidine rings is 1. The van der Waals surface area contributed by atoms with Crippen LogP contribution < -0.4 is 5.32 Å². The Morgan fingerprint density at radius 1 is 1.29 bits per heavy atom. The van der Waals surface area contributed by atoms with Crippen LogP contribution in [0.5, 0.6) is 0 Å². The van der Waals surface area contributed by atoms with Gasteiger partial charge in [0.05, 0.1) is 21.8 Å². The lowest BCUT2D eigenvalue weighted by atomic mass is 9.96. The van der Waals surface area contributed by atoms with Crippen LogP contribution in [0.3, 0.4) is 0 Å². The third-order valence-electron chi connectivity index (χ3n) is 4.39. The molecule has 8 heteroatoms. The molecule has 1 aliphatic heterocycles. The molecule has 0 saturated carbocycles. The predicted molar refractivity (Wildman–Crippen MR) is 96.8 cm³/mol. The molecule has 2 rings (SSSR count). The maximum Gasteiger partial charge on any atom is 0.223 e. The van der Waals surface area contributed by atoms with Crippen molar-refractivity contribution in [1.82, 2.24) is 9.62 Å². The average Bonchev–Trinajstić information content (AvgIpc) is 2.57. The van der Waals surface area contributed by atoms with Gasteiger partial charge in [-0.3, -0.25) is 4.79 Å². The van der Waals surface area contributed by atoms with Gasteiger partial charge in [-0.15, -0.1) is 0 Å². The normalized spacial score (nSPS) is 18.3. The minimum Gasteiger partial charge on any atom is -0.349 e. The molecule has 134 valence electrons. The molecule has 1 saturated heterocycles. The number of halogens is 2. The van der Waals surface area contributed by atoms with Crippen LogP contribution in [0.15, 0.2) is 18.2 Å². The molecule has 5 nitrogen and oxygen atoms in total. The van der Waals surface area contributed by atoms with Gasteiger partial charge in [0.1, 0.15) is 0 Å².